The Morgan fingerprint density at radius 2 is 1.88 bits per heavy atom. The second-order valence-electron chi connectivity index (χ2n) is 7.58. The van der Waals surface area contributed by atoms with Crippen molar-refractivity contribution in [3.05, 3.63) is 77.2 Å². The van der Waals surface area contributed by atoms with E-state index in [1.54, 1.807) is 6.92 Å². The van der Waals surface area contributed by atoms with Crippen LogP contribution in [0.1, 0.15) is 42.6 Å². The number of esters is 1. The molecular weight excluding hydrogens is 427 g/mol. The molecule has 0 atom stereocenters. The summed E-state index contributed by atoms with van der Waals surface area (Å²) in [4.78, 5) is 17.1. The Labute approximate surface area is 188 Å². The molecule has 2 aromatic carbocycles. The summed E-state index contributed by atoms with van der Waals surface area (Å²) in [6.07, 6.45) is 1.50. The Bertz CT molecular complexity index is 1280. The third-order valence-corrected chi connectivity index (χ3v) is 4.87. The molecule has 0 bridgehead atoms. The number of carbonyl (C=O) groups excluding carboxylic acids is 1. The van der Waals surface area contributed by atoms with Crippen molar-refractivity contribution in [1.29, 1.82) is 0 Å². The Morgan fingerprint density at radius 3 is 2.52 bits per heavy atom. The Hall–Kier alpha value is -4.21. The third kappa shape index (κ3) is 5.17. The van der Waals surface area contributed by atoms with E-state index in [9.17, 15) is 9.18 Å². The molecule has 4 aromatic rings. The van der Waals surface area contributed by atoms with Crippen LogP contribution in [0, 0.1) is 12.7 Å². The van der Waals surface area contributed by atoms with Crippen LogP contribution in [0.3, 0.4) is 0 Å². The minimum atomic E-state index is -0.712. The predicted molar refractivity (Wildman–Crippen MR) is 117 cm³/mol. The Morgan fingerprint density at radius 1 is 1.15 bits per heavy atom. The van der Waals surface area contributed by atoms with Crippen molar-refractivity contribution in [1.82, 2.24) is 30.3 Å². The molecule has 0 fully saturated rings. The summed E-state index contributed by atoms with van der Waals surface area (Å²) >= 11 is 0. The number of rotatable bonds is 7. The van der Waals surface area contributed by atoms with Crippen LogP contribution in [-0.4, -0.2) is 36.3 Å². The highest BCUT2D eigenvalue weighted by atomic mass is 19.1. The lowest BCUT2D eigenvalue weighted by Crippen LogP contribution is -2.15. The highest BCUT2D eigenvalue weighted by Gasteiger charge is 2.19. The summed E-state index contributed by atoms with van der Waals surface area (Å²) in [7, 11) is 0. The summed E-state index contributed by atoms with van der Waals surface area (Å²) in [5.74, 6) is 0.234. The molecule has 2 heterocycles. The first-order valence-corrected chi connectivity index (χ1v) is 10.2. The molecule has 0 unspecified atom stereocenters. The van der Waals surface area contributed by atoms with Gasteiger partial charge in [0, 0.05) is 5.56 Å². The SMILES string of the molecule is Cc1nnnn1/C(=C\c1ccc(F)cc1)C(=O)OCc1nc(-c2ccc(C(C)C)cc2)no1. The van der Waals surface area contributed by atoms with Gasteiger partial charge in [-0.2, -0.15) is 9.67 Å². The van der Waals surface area contributed by atoms with Crippen molar-refractivity contribution in [2.45, 2.75) is 33.3 Å². The van der Waals surface area contributed by atoms with Crippen LogP contribution in [0.4, 0.5) is 4.39 Å². The minimum absolute atomic E-state index is 0.0492. The molecule has 0 saturated heterocycles. The van der Waals surface area contributed by atoms with Crippen molar-refractivity contribution in [2.24, 2.45) is 0 Å². The van der Waals surface area contributed by atoms with Crippen molar-refractivity contribution >= 4 is 17.7 Å². The monoisotopic (exact) mass is 448 g/mol. The molecule has 4 rings (SSSR count). The van der Waals surface area contributed by atoms with Crippen molar-refractivity contribution in [2.75, 3.05) is 0 Å². The quantitative estimate of drug-likeness (QED) is 0.308. The summed E-state index contributed by atoms with van der Waals surface area (Å²) in [5, 5.41) is 15.2. The van der Waals surface area contributed by atoms with Gasteiger partial charge in [-0.15, -0.1) is 5.10 Å². The van der Waals surface area contributed by atoms with Gasteiger partial charge in [0.05, 0.1) is 0 Å². The van der Waals surface area contributed by atoms with Gasteiger partial charge in [-0.25, -0.2) is 9.18 Å². The number of aryl methyl sites for hydroxylation is 1. The largest absolute Gasteiger partial charge is 0.451 e. The van der Waals surface area contributed by atoms with Gasteiger partial charge >= 0.3 is 5.97 Å². The molecule has 0 amide bonds. The third-order valence-electron chi connectivity index (χ3n) is 4.87. The zero-order valence-corrected chi connectivity index (χ0v) is 18.3. The molecule has 0 N–H and O–H groups in total. The van der Waals surface area contributed by atoms with Crippen molar-refractivity contribution in [3.8, 4) is 11.4 Å². The summed E-state index contributed by atoms with van der Waals surface area (Å²) in [6.45, 7) is 5.63. The average Bonchev–Trinajstić information content (AvgIpc) is 3.46. The highest BCUT2D eigenvalue weighted by molar-refractivity contribution is 6.15. The molecule has 0 aliphatic heterocycles. The van der Waals surface area contributed by atoms with Crippen LogP contribution in [0.15, 0.2) is 53.1 Å². The first kappa shape index (κ1) is 22.0. The second-order valence-corrected chi connectivity index (χ2v) is 7.58. The molecule has 10 heteroatoms. The standard InChI is InChI=1S/C23H21FN6O3/c1-14(2)17-6-8-18(9-7-17)22-25-21(33-27-22)13-32-23(31)20(30-15(3)26-28-29-30)12-16-4-10-19(24)11-5-16/h4-12,14H,13H2,1-3H3/b20-12-. The first-order chi connectivity index (χ1) is 15.9. The zero-order valence-electron chi connectivity index (χ0n) is 18.3. The van der Waals surface area contributed by atoms with Gasteiger partial charge in [-0.3, -0.25) is 0 Å². The topological polar surface area (TPSA) is 109 Å². The predicted octanol–water partition coefficient (Wildman–Crippen LogP) is 4.04. The molecule has 0 radical (unpaired) electrons. The number of hydrogen-bond donors (Lipinski definition) is 0. The lowest BCUT2D eigenvalue weighted by Gasteiger charge is -2.07. The minimum Gasteiger partial charge on any atom is -0.451 e. The van der Waals surface area contributed by atoms with E-state index in [1.807, 2.05) is 24.3 Å². The molecular formula is C23H21FN6O3. The van der Waals surface area contributed by atoms with E-state index in [2.05, 4.69) is 39.5 Å². The van der Waals surface area contributed by atoms with Gasteiger partial charge < -0.3 is 9.26 Å². The van der Waals surface area contributed by atoms with Crippen LogP contribution in [0.2, 0.25) is 0 Å². The lowest BCUT2D eigenvalue weighted by molar-refractivity contribution is -0.139. The zero-order chi connectivity index (χ0) is 23.4. The van der Waals surface area contributed by atoms with Gasteiger partial charge in [0.2, 0.25) is 5.82 Å². The Balaban J connectivity index is 1.50. The molecule has 0 aliphatic rings. The van der Waals surface area contributed by atoms with E-state index < -0.39 is 5.97 Å². The number of carbonyl (C=O) groups is 1. The molecule has 168 valence electrons. The fraction of sp³-hybridized carbons (Fsp3) is 0.217. The Kier molecular flexibility index (Phi) is 6.34. The number of nitrogens with zero attached hydrogens (tertiary/aromatic N) is 6. The maximum atomic E-state index is 13.2. The number of hydrogen-bond acceptors (Lipinski definition) is 8. The molecule has 0 saturated carbocycles. The van der Waals surface area contributed by atoms with E-state index in [-0.39, 0.29) is 24.0 Å². The summed E-state index contributed by atoms with van der Waals surface area (Å²) in [6, 6.07) is 13.5. The number of tetrazole rings is 1. The molecule has 0 aliphatic carbocycles. The first-order valence-electron chi connectivity index (χ1n) is 10.2. The molecule has 33 heavy (non-hydrogen) atoms. The van der Waals surface area contributed by atoms with Crippen LogP contribution in [0.25, 0.3) is 23.2 Å². The van der Waals surface area contributed by atoms with Gasteiger partial charge in [0.15, 0.2) is 18.1 Å². The number of aromatic nitrogens is 6. The summed E-state index contributed by atoms with van der Waals surface area (Å²) in [5.41, 5.74) is 2.62. The van der Waals surface area contributed by atoms with E-state index >= 15 is 0 Å². The van der Waals surface area contributed by atoms with Gasteiger partial charge in [0.1, 0.15) is 5.82 Å². The average molecular weight is 448 g/mol. The smallest absolute Gasteiger partial charge is 0.357 e. The van der Waals surface area contributed by atoms with Crippen molar-refractivity contribution < 1.29 is 18.4 Å². The van der Waals surface area contributed by atoms with Crippen LogP contribution >= 0.6 is 0 Å². The fourth-order valence-electron chi connectivity index (χ4n) is 3.03. The highest BCUT2D eigenvalue weighted by Crippen LogP contribution is 2.21. The number of halogens is 1. The maximum Gasteiger partial charge on any atom is 0.357 e. The van der Waals surface area contributed by atoms with E-state index in [0.29, 0.717) is 23.1 Å². The summed E-state index contributed by atoms with van der Waals surface area (Å²) < 4.78 is 25.1. The number of benzene rings is 2. The lowest BCUT2D eigenvalue weighted by atomic mass is 10.0. The van der Waals surface area contributed by atoms with Crippen LogP contribution < -0.4 is 0 Å². The maximum absolute atomic E-state index is 13.2. The van der Waals surface area contributed by atoms with Gasteiger partial charge in [-0.1, -0.05) is 55.4 Å². The molecule has 9 nitrogen and oxygen atoms in total. The van der Waals surface area contributed by atoms with E-state index in [1.165, 1.54) is 40.6 Å². The van der Waals surface area contributed by atoms with E-state index in [4.69, 9.17) is 9.26 Å². The van der Waals surface area contributed by atoms with Crippen LogP contribution in [-0.2, 0) is 16.1 Å². The molecule has 0 spiro atoms. The van der Waals surface area contributed by atoms with Crippen LogP contribution in [0.5, 0.6) is 0 Å². The van der Waals surface area contributed by atoms with E-state index in [0.717, 1.165) is 5.56 Å². The second kappa shape index (κ2) is 9.51. The fourth-order valence-corrected chi connectivity index (χ4v) is 3.03. The normalized spacial score (nSPS) is 11.7. The number of ether oxygens (including phenoxy) is 1. The van der Waals surface area contributed by atoms with Gasteiger partial charge in [-0.05, 0) is 52.6 Å². The van der Waals surface area contributed by atoms with Gasteiger partial charge in [0.25, 0.3) is 5.89 Å². The van der Waals surface area contributed by atoms with Crippen molar-refractivity contribution in [3.63, 3.8) is 0 Å². The molecule has 2 aromatic heterocycles.